The lowest BCUT2D eigenvalue weighted by Gasteiger charge is -2.08. The van der Waals surface area contributed by atoms with E-state index in [1.807, 2.05) is 0 Å². The van der Waals surface area contributed by atoms with Crippen molar-refractivity contribution < 1.29 is 4.79 Å². The van der Waals surface area contributed by atoms with Crippen molar-refractivity contribution in [1.29, 1.82) is 0 Å². The zero-order valence-electron chi connectivity index (χ0n) is 9.38. The van der Waals surface area contributed by atoms with E-state index >= 15 is 0 Å². The normalized spacial score (nSPS) is 10.3. The van der Waals surface area contributed by atoms with Gasteiger partial charge >= 0.3 is 0 Å². The average Bonchev–Trinajstić information content (AvgIpc) is 2.37. The van der Waals surface area contributed by atoms with Crippen molar-refractivity contribution in [2.24, 2.45) is 0 Å². The van der Waals surface area contributed by atoms with Crippen molar-refractivity contribution >= 4 is 66.7 Å². The van der Waals surface area contributed by atoms with Crippen molar-refractivity contribution in [3.8, 4) is 0 Å². The molecule has 6 heteroatoms. The maximum atomic E-state index is 12.1. The minimum atomic E-state index is -0.252. The van der Waals surface area contributed by atoms with Gasteiger partial charge in [-0.25, -0.2) is 0 Å². The number of carbonyl (C=O) groups is 1. The fourth-order valence-corrected chi connectivity index (χ4v) is 2.45. The van der Waals surface area contributed by atoms with Crippen LogP contribution in [-0.2, 0) is 0 Å². The van der Waals surface area contributed by atoms with Gasteiger partial charge in [-0.2, -0.15) is 0 Å². The maximum absolute atomic E-state index is 12.1. The third kappa shape index (κ3) is 3.72. The highest BCUT2D eigenvalue weighted by Gasteiger charge is 2.10. The van der Waals surface area contributed by atoms with Crippen molar-refractivity contribution in [3.05, 3.63) is 61.0 Å². The highest BCUT2D eigenvalue weighted by Crippen LogP contribution is 2.27. The lowest BCUT2D eigenvalue weighted by atomic mass is 10.2. The molecular weight excluding hydrogens is 417 g/mol. The van der Waals surface area contributed by atoms with E-state index in [1.165, 1.54) is 0 Å². The summed E-state index contributed by atoms with van der Waals surface area (Å²) in [5, 5.41) is 3.78. The van der Waals surface area contributed by atoms with Gasteiger partial charge in [-0.1, -0.05) is 39.1 Å². The van der Waals surface area contributed by atoms with E-state index in [0.29, 0.717) is 25.8 Å². The molecule has 0 saturated carbocycles. The Morgan fingerprint density at radius 3 is 2.37 bits per heavy atom. The fraction of sp³-hybridized carbons (Fsp3) is 0. The smallest absolute Gasteiger partial charge is 0.255 e. The molecule has 0 aliphatic rings. The molecule has 1 N–H and O–H groups in total. The van der Waals surface area contributed by atoms with Gasteiger partial charge in [0.25, 0.3) is 5.91 Å². The molecule has 2 aromatic rings. The van der Waals surface area contributed by atoms with E-state index in [4.69, 9.17) is 23.2 Å². The molecule has 0 unspecified atom stereocenters. The number of amides is 1. The molecule has 98 valence electrons. The van der Waals surface area contributed by atoms with Crippen molar-refractivity contribution in [2.75, 3.05) is 5.32 Å². The molecule has 0 heterocycles. The Balaban J connectivity index is 2.25. The second-order valence-electron chi connectivity index (χ2n) is 3.71. The molecule has 2 rings (SSSR count). The van der Waals surface area contributed by atoms with Crippen LogP contribution in [-0.4, -0.2) is 5.91 Å². The number of anilines is 1. The monoisotopic (exact) mass is 421 g/mol. The SMILES string of the molecule is O=C(Nc1cc(Br)ccc1Cl)c1ccc(Cl)c(Br)c1. The number of hydrogen-bond donors (Lipinski definition) is 1. The second kappa shape index (κ2) is 6.27. The van der Waals surface area contributed by atoms with Crippen LogP contribution in [0.4, 0.5) is 5.69 Å². The minimum absolute atomic E-state index is 0.252. The number of rotatable bonds is 2. The number of carbonyl (C=O) groups excluding carboxylic acids is 1. The van der Waals surface area contributed by atoms with Crippen LogP contribution >= 0.6 is 55.1 Å². The van der Waals surface area contributed by atoms with E-state index in [-0.39, 0.29) is 5.91 Å². The number of nitrogens with one attached hydrogen (secondary N) is 1. The summed E-state index contributed by atoms with van der Waals surface area (Å²) in [5.41, 5.74) is 1.04. The largest absolute Gasteiger partial charge is 0.321 e. The predicted molar refractivity (Wildman–Crippen MR) is 86.3 cm³/mol. The van der Waals surface area contributed by atoms with E-state index in [1.54, 1.807) is 36.4 Å². The highest BCUT2D eigenvalue weighted by molar-refractivity contribution is 9.10. The summed E-state index contributed by atoms with van der Waals surface area (Å²) in [4.78, 5) is 12.1. The number of halogens is 4. The summed E-state index contributed by atoms with van der Waals surface area (Å²) in [6.45, 7) is 0. The van der Waals surface area contributed by atoms with Gasteiger partial charge in [-0.05, 0) is 52.3 Å². The summed E-state index contributed by atoms with van der Waals surface area (Å²) < 4.78 is 1.51. The van der Waals surface area contributed by atoms with Crippen LogP contribution in [0.15, 0.2) is 45.3 Å². The van der Waals surface area contributed by atoms with Crippen LogP contribution < -0.4 is 5.32 Å². The molecule has 2 nitrogen and oxygen atoms in total. The summed E-state index contributed by atoms with van der Waals surface area (Å²) in [7, 11) is 0. The Morgan fingerprint density at radius 1 is 1.00 bits per heavy atom. The van der Waals surface area contributed by atoms with E-state index < -0.39 is 0 Å². The molecule has 0 saturated heterocycles. The first-order valence-electron chi connectivity index (χ1n) is 5.19. The van der Waals surface area contributed by atoms with Crippen molar-refractivity contribution in [3.63, 3.8) is 0 Å². The maximum Gasteiger partial charge on any atom is 0.255 e. The Labute approximate surface area is 137 Å². The van der Waals surface area contributed by atoms with Gasteiger partial charge in [0.2, 0.25) is 0 Å². The molecule has 2 aromatic carbocycles. The van der Waals surface area contributed by atoms with Crippen LogP contribution in [0.25, 0.3) is 0 Å². The molecular formula is C13H7Br2Cl2NO. The van der Waals surface area contributed by atoms with Gasteiger partial charge in [0.15, 0.2) is 0 Å². The van der Waals surface area contributed by atoms with Crippen molar-refractivity contribution in [2.45, 2.75) is 0 Å². The van der Waals surface area contributed by atoms with Crippen LogP contribution in [0.3, 0.4) is 0 Å². The molecule has 0 fully saturated rings. The van der Waals surface area contributed by atoms with Crippen LogP contribution in [0.1, 0.15) is 10.4 Å². The van der Waals surface area contributed by atoms with Gasteiger partial charge in [-0.3, -0.25) is 4.79 Å². The fourth-order valence-electron chi connectivity index (χ4n) is 1.43. The molecule has 0 radical (unpaired) electrons. The first kappa shape index (κ1) is 14.9. The molecule has 0 bridgehead atoms. The van der Waals surface area contributed by atoms with Gasteiger partial charge in [0, 0.05) is 14.5 Å². The van der Waals surface area contributed by atoms with E-state index in [2.05, 4.69) is 37.2 Å². The van der Waals surface area contributed by atoms with Gasteiger partial charge in [0.05, 0.1) is 15.7 Å². The van der Waals surface area contributed by atoms with E-state index in [9.17, 15) is 4.79 Å². The first-order chi connectivity index (χ1) is 8.97. The molecule has 0 aliphatic heterocycles. The average molecular weight is 424 g/mol. The third-order valence-corrected chi connectivity index (χ3v) is 4.40. The van der Waals surface area contributed by atoms with E-state index in [0.717, 1.165) is 4.47 Å². The summed E-state index contributed by atoms with van der Waals surface area (Å²) in [6, 6.07) is 10.2. The first-order valence-corrected chi connectivity index (χ1v) is 7.53. The molecule has 0 aromatic heterocycles. The summed E-state index contributed by atoms with van der Waals surface area (Å²) in [5.74, 6) is -0.252. The van der Waals surface area contributed by atoms with Crippen LogP contribution in [0, 0.1) is 0 Å². The minimum Gasteiger partial charge on any atom is -0.321 e. The Morgan fingerprint density at radius 2 is 1.68 bits per heavy atom. The molecule has 0 atom stereocenters. The third-order valence-electron chi connectivity index (χ3n) is 2.36. The lowest BCUT2D eigenvalue weighted by molar-refractivity contribution is 0.102. The summed E-state index contributed by atoms with van der Waals surface area (Å²) in [6.07, 6.45) is 0. The van der Waals surface area contributed by atoms with Gasteiger partial charge in [0.1, 0.15) is 0 Å². The molecule has 1 amide bonds. The molecule has 0 aliphatic carbocycles. The predicted octanol–water partition coefficient (Wildman–Crippen LogP) is 5.77. The standard InChI is InChI=1S/C13H7Br2Cl2NO/c14-8-2-4-11(17)12(6-8)18-13(19)7-1-3-10(16)9(15)5-7/h1-6H,(H,18,19). The molecule has 19 heavy (non-hydrogen) atoms. The van der Waals surface area contributed by atoms with Crippen LogP contribution in [0.2, 0.25) is 10.0 Å². The van der Waals surface area contributed by atoms with Gasteiger partial charge < -0.3 is 5.32 Å². The zero-order chi connectivity index (χ0) is 14.0. The summed E-state index contributed by atoms with van der Waals surface area (Å²) >= 11 is 18.5. The Kier molecular flexibility index (Phi) is 4.90. The molecule has 0 spiro atoms. The van der Waals surface area contributed by atoms with Crippen LogP contribution in [0.5, 0.6) is 0 Å². The second-order valence-corrected chi connectivity index (χ2v) is 6.29. The highest BCUT2D eigenvalue weighted by atomic mass is 79.9. The number of benzene rings is 2. The lowest BCUT2D eigenvalue weighted by Crippen LogP contribution is -2.12. The van der Waals surface area contributed by atoms with Gasteiger partial charge in [-0.15, -0.1) is 0 Å². The zero-order valence-corrected chi connectivity index (χ0v) is 14.1. The van der Waals surface area contributed by atoms with Crippen molar-refractivity contribution in [1.82, 2.24) is 0 Å². The quantitative estimate of drug-likeness (QED) is 0.652. The Hall–Kier alpha value is -0.550. The topological polar surface area (TPSA) is 29.1 Å². The number of hydrogen-bond acceptors (Lipinski definition) is 1. The Bertz CT molecular complexity index is 647.